The molecule has 0 atom stereocenters. The number of aryl methyl sites for hydroxylation is 1. The molecule has 2 rings (SSSR count). The fraction of sp³-hybridized carbons (Fsp3) is 0.211. The van der Waals surface area contributed by atoms with Crippen LogP contribution in [0.2, 0.25) is 0 Å². The zero-order chi connectivity index (χ0) is 16.7. The Hall–Kier alpha value is -2.75. The fourth-order valence-corrected chi connectivity index (χ4v) is 2.31. The second-order valence-electron chi connectivity index (χ2n) is 5.19. The van der Waals surface area contributed by atoms with Gasteiger partial charge in [0.2, 0.25) is 5.91 Å². The maximum Gasteiger partial charge on any atom is 0.246 e. The van der Waals surface area contributed by atoms with Crippen molar-refractivity contribution in [3.8, 4) is 5.75 Å². The molecule has 0 aliphatic heterocycles. The predicted octanol–water partition coefficient (Wildman–Crippen LogP) is 3.63. The van der Waals surface area contributed by atoms with Gasteiger partial charge in [0.05, 0.1) is 19.3 Å². The Balaban J connectivity index is 2.11. The molecular weight excluding hydrogens is 288 g/mol. The molecule has 0 saturated carbocycles. The van der Waals surface area contributed by atoms with Crippen molar-refractivity contribution >= 4 is 17.3 Å². The quantitative estimate of drug-likeness (QED) is 0.794. The van der Waals surface area contributed by atoms with E-state index in [1.54, 1.807) is 18.1 Å². The first-order valence-electron chi connectivity index (χ1n) is 7.50. The summed E-state index contributed by atoms with van der Waals surface area (Å²) in [6.07, 6.45) is 1.72. The van der Waals surface area contributed by atoms with E-state index >= 15 is 0 Å². The summed E-state index contributed by atoms with van der Waals surface area (Å²) < 4.78 is 5.32. The summed E-state index contributed by atoms with van der Waals surface area (Å²) in [6, 6.07) is 15.4. The van der Waals surface area contributed by atoms with Crippen LogP contribution in [0.5, 0.6) is 5.75 Å². The molecule has 0 unspecified atom stereocenters. The second-order valence-corrected chi connectivity index (χ2v) is 5.19. The molecule has 0 aliphatic rings. The number of carbonyl (C=O) groups excluding carboxylic acids is 1. The van der Waals surface area contributed by atoms with Crippen molar-refractivity contribution in [1.82, 2.24) is 0 Å². The largest absolute Gasteiger partial charge is 0.495 e. The molecular formula is C19H22N2O2. The van der Waals surface area contributed by atoms with Crippen molar-refractivity contribution in [2.45, 2.75) is 6.92 Å². The van der Waals surface area contributed by atoms with E-state index in [1.807, 2.05) is 55.5 Å². The number of rotatable bonds is 7. The molecule has 23 heavy (non-hydrogen) atoms. The SMILES string of the molecule is C=CCN(C(=O)CNc1cc(C)ccc1OC)c1ccccc1. The highest BCUT2D eigenvalue weighted by atomic mass is 16.5. The molecule has 4 nitrogen and oxygen atoms in total. The number of ether oxygens (including phenoxy) is 1. The van der Waals surface area contributed by atoms with E-state index in [2.05, 4.69) is 11.9 Å². The summed E-state index contributed by atoms with van der Waals surface area (Å²) in [6.45, 7) is 6.38. The van der Waals surface area contributed by atoms with Gasteiger partial charge in [0.1, 0.15) is 5.75 Å². The fourth-order valence-electron chi connectivity index (χ4n) is 2.31. The van der Waals surface area contributed by atoms with Gasteiger partial charge >= 0.3 is 0 Å². The van der Waals surface area contributed by atoms with Gasteiger partial charge in [-0.05, 0) is 36.8 Å². The number of hydrogen-bond donors (Lipinski definition) is 1. The summed E-state index contributed by atoms with van der Waals surface area (Å²) in [5.74, 6) is 0.693. The minimum Gasteiger partial charge on any atom is -0.495 e. The van der Waals surface area contributed by atoms with Gasteiger partial charge < -0.3 is 15.0 Å². The first-order chi connectivity index (χ1) is 11.2. The van der Waals surface area contributed by atoms with Gasteiger partial charge in [-0.1, -0.05) is 30.3 Å². The average molecular weight is 310 g/mol. The van der Waals surface area contributed by atoms with Crippen molar-refractivity contribution in [1.29, 1.82) is 0 Å². The van der Waals surface area contributed by atoms with Crippen LogP contribution in [0, 0.1) is 6.92 Å². The third-order valence-corrected chi connectivity index (χ3v) is 3.47. The Kier molecular flexibility index (Phi) is 5.80. The summed E-state index contributed by atoms with van der Waals surface area (Å²) in [7, 11) is 1.62. The van der Waals surface area contributed by atoms with Crippen LogP contribution in [-0.4, -0.2) is 26.1 Å². The van der Waals surface area contributed by atoms with Crippen molar-refractivity contribution < 1.29 is 9.53 Å². The number of nitrogens with zero attached hydrogens (tertiary/aromatic N) is 1. The molecule has 0 spiro atoms. The molecule has 0 saturated heterocycles. The lowest BCUT2D eigenvalue weighted by Gasteiger charge is -2.22. The second kappa shape index (κ2) is 8.03. The van der Waals surface area contributed by atoms with E-state index in [4.69, 9.17) is 4.74 Å². The first kappa shape index (κ1) is 16.6. The lowest BCUT2D eigenvalue weighted by atomic mass is 10.2. The van der Waals surface area contributed by atoms with E-state index < -0.39 is 0 Å². The van der Waals surface area contributed by atoms with Gasteiger partial charge in [-0.2, -0.15) is 0 Å². The number of para-hydroxylation sites is 1. The van der Waals surface area contributed by atoms with Crippen LogP contribution in [0.15, 0.2) is 61.2 Å². The number of benzene rings is 2. The number of hydrogen-bond acceptors (Lipinski definition) is 3. The number of anilines is 2. The first-order valence-corrected chi connectivity index (χ1v) is 7.50. The molecule has 0 aliphatic carbocycles. The van der Waals surface area contributed by atoms with Crippen LogP contribution in [0.25, 0.3) is 0 Å². The normalized spacial score (nSPS) is 10.0. The highest BCUT2D eigenvalue weighted by Gasteiger charge is 2.14. The Morgan fingerprint density at radius 2 is 2.00 bits per heavy atom. The van der Waals surface area contributed by atoms with Gasteiger partial charge in [-0.25, -0.2) is 0 Å². The topological polar surface area (TPSA) is 41.6 Å². The number of methoxy groups -OCH3 is 1. The van der Waals surface area contributed by atoms with Crippen LogP contribution in [0.3, 0.4) is 0 Å². The van der Waals surface area contributed by atoms with Gasteiger partial charge in [0.15, 0.2) is 0 Å². The zero-order valence-corrected chi connectivity index (χ0v) is 13.6. The molecule has 0 bridgehead atoms. The number of carbonyl (C=O) groups is 1. The van der Waals surface area contributed by atoms with E-state index in [0.29, 0.717) is 6.54 Å². The summed E-state index contributed by atoms with van der Waals surface area (Å²) in [5.41, 5.74) is 2.77. The molecule has 4 heteroatoms. The minimum absolute atomic E-state index is 0.0281. The Morgan fingerprint density at radius 1 is 1.26 bits per heavy atom. The molecule has 0 radical (unpaired) electrons. The maximum atomic E-state index is 12.6. The molecule has 2 aromatic carbocycles. The van der Waals surface area contributed by atoms with Crippen LogP contribution < -0.4 is 15.0 Å². The van der Waals surface area contributed by atoms with E-state index in [1.165, 1.54) is 0 Å². The lowest BCUT2D eigenvalue weighted by Crippen LogP contribution is -2.35. The highest BCUT2D eigenvalue weighted by molar-refractivity contribution is 5.96. The third-order valence-electron chi connectivity index (χ3n) is 3.47. The van der Waals surface area contributed by atoms with Gasteiger partial charge in [-0.15, -0.1) is 6.58 Å². The summed E-state index contributed by atoms with van der Waals surface area (Å²) in [4.78, 5) is 14.3. The Morgan fingerprint density at radius 3 is 2.65 bits per heavy atom. The van der Waals surface area contributed by atoms with E-state index in [-0.39, 0.29) is 12.5 Å². The summed E-state index contributed by atoms with van der Waals surface area (Å²) >= 11 is 0. The third kappa shape index (κ3) is 4.36. The minimum atomic E-state index is -0.0281. The van der Waals surface area contributed by atoms with Crippen LogP contribution >= 0.6 is 0 Å². The molecule has 120 valence electrons. The zero-order valence-electron chi connectivity index (χ0n) is 13.6. The molecule has 2 aromatic rings. The smallest absolute Gasteiger partial charge is 0.246 e. The lowest BCUT2D eigenvalue weighted by molar-refractivity contribution is -0.116. The molecule has 0 aromatic heterocycles. The predicted molar refractivity (Wildman–Crippen MR) is 95.2 cm³/mol. The highest BCUT2D eigenvalue weighted by Crippen LogP contribution is 2.25. The van der Waals surface area contributed by atoms with Crippen molar-refractivity contribution in [3.63, 3.8) is 0 Å². The van der Waals surface area contributed by atoms with Crippen LogP contribution in [0.1, 0.15) is 5.56 Å². The maximum absolute atomic E-state index is 12.6. The molecule has 0 fully saturated rings. The molecule has 1 N–H and O–H groups in total. The summed E-state index contributed by atoms with van der Waals surface area (Å²) in [5, 5.41) is 3.16. The monoisotopic (exact) mass is 310 g/mol. The van der Waals surface area contributed by atoms with Crippen molar-refractivity contribution in [3.05, 3.63) is 66.7 Å². The van der Waals surface area contributed by atoms with Crippen LogP contribution in [0.4, 0.5) is 11.4 Å². The van der Waals surface area contributed by atoms with Gasteiger partial charge in [-0.3, -0.25) is 4.79 Å². The van der Waals surface area contributed by atoms with E-state index in [0.717, 1.165) is 22.7 Å². The Labute approximate surface area is 137 Å². The molecule has 0 heterocycles. The number of nitrogens with one attached hydrogen (secondary N) is 1. The van der Waals surface area contributed by atoms with Crippen LogP contribution in [-0.2, 0) is 4.79 Å². The molecule has 1 amide bonds. The standard InChI is InChI=1S/C19H22N2O2/c1-4-12-21(16-8-6-5-7-9-16)19(22)14-20-17-13-15(2)10-11-18(17)23-3/h4-11,13,20H,1,12,14H2,2-3H3. The van der Waals surface area contributed by atoms with Gasteiger partial charge in [0, 0.05) is 12.2 Å². The van der Waals surface area contributed by atoms with E-state index in [9.17, 15) is 4.79 Å². The number of amides is 1. The Bertz CT molecular complexity index is 668. The van der Waals surface area contributed by atoms with Crippen molar-refractivity contribution in [2.24, 2.45) is 0 Å². The van der Waals surface area contributed by atoms with Gasteiger partial charge in [0.25, 0.3) is 0 Å². The average Bonchev–Trinajstić information content (AvgIpc) is 2.58. The van der Waals surface area contributed by atoms with Crippen molar-refractivity contribution in [2.75, 3.05) is 30.4 Å².